The van der Waals surface area contributed by atoms with Gasteiger partial charge in [-0.25, -0.2) is 0 Å². The number of hydrogen-bond acceptors (Lipinski definition) is 2. The average molecular weight is 298 g/mol. The van der Waals surface area contributed by atoms with Gasteiger partial charge in [-0.05, 0) is 49.3 Å². The molecule has 0 saturated carbocycles. The third-order valence-corrected chi connectivity index (χ3v) is 3.83. The molecule has 0 aliphatic carbocycles. The summed E-state index contributed by atoms with van der Waals surface area (Å²) in [6.07, 6.45) is 1.79. The van der Waals surface area contributed by atoms with E-state index in [0.29, 0.717) is 10.1 Å². The monoisotopic (exact) mass is 297 g/mol. The molecule has 102 valence electrons. The summed E-state index contributed by atoms with van der Waals surface area (Å²) in [6, 6.07) is 6.88. The highest BCUT2D eigenvalue weighted by Gasteiger charge is 2.31. The van der Waals surface area contributed by atoms with Gasteiger partial charge in [-0.3, -0.25) is 4.79 Å². The fourth-order valence-electron chi connectivity index (χ4n) is 2.18. The van der Waals surface area contributed by atoms with E-state index >= 15 is 0 Å². The van der Waals surface area contributed by atoms with Crippen molar-refractivity contribution < 1.29 is 4.79 Å². The standard InChI is InChI=1S/C13H16ClN3OS/c1-15-13(19)17-8-2-3-11(17)12(18)16-10-6-4-9(14)5-7-10/h4-7,11H,2-3,8H2,1H3,(H,15,19)(H,16,18)/t11-/m0/s1. The number of benzene rings is 1. The van der Waals surface area contributed by atoms with E-state index in [1.807, 2.05) is 4.90 Å². The first-order valence-corrected chi connectivity index (χ1v) is 6.95. The topological polar surface area (TPSA) is 44.4 Å². The first-order chi connectivity index (χ1) is 9.11. The van der Waals surface area contributed by atoms with Crippen molar-refractivity contribution >= 4 is 40.5 Å². The first-order valence-electron chi connectivity index (χ1n) is 6.16. The van der Waals surface area contributed by atoms with Gasteiger partial charge in [0.1, 0.15) is 6.04 Å². The number of amides is 1. The zero-order valence-electron chi connectivity index (χ0n) is 10.6. The lowest BCUT2D eigenvalue weighted by molar-refractivity contribution is -0.119. The van der Waals surface area contributed by atoms with E-state index in [-0.39, 0.29) is 11.9 Å². The lowest BCUT2D eigenvalue weighted by Gasteiger charge is -2.25. The minimum atomic E-state index is -0.198. The Bertz CT molecular complexity index is 477. The highest BCUT2D eigenvalue weighted by atomic mass is 35.5. The summed E-state index contributed by atoms with van der Waals surface area (Å²) in [5, 5.41) is 7.09. The molecule has 0 bridgehead atoms. The van der Waals surface area contributed by atoms with Crippen molar-refractivity contribution in [3.63, 3.8) is 0 Å². The molecule has 0 unspecified atom stereocenters. The Morgan fingerprint density at radius 1 is 1.42 bits per heavy atom. The highest BCUT2D eigenvalue weighted by Crippen LogP contribution is 2.20. The van der Waals surface area contributed by atoms with Gasteiger partial charge in [0, 0.05) is 24.3 Å². The van der Waals surface area contributed by atoms with Crippen LogP contribution >= 0.6 is 23.8 Å². The number of carbonyl (C=O) groups is 1. The van der Waals surface area contributed by atoms with E-state index in [9.17, 15) is 4.79 Å². The maximum atomic E-state index is 12.3. The van der Waals surface area contributed by atoms with Gasteiger partial charge in [0.2, 0.25) is 5.91 Å². The van der Waals surface area contributed by atoms with Gasteiger partial charge in [0.15, 0.2) is 5.11 Å². The molecule has 1 fully saturated rings. The number of carbonyl (C=O) groups excluding carboxylic acids is 1. The van der Waals surface area contributed by atoms with Gasteiger partial charge in [-0.15, -0.1) is 0 Å². The molecule has 0 aromatic heterocycles. The van der Waals surface area contributed by atoms with Crippen LogP contribution in [0, 0.1) is 0 Å². The van der Waals surface area contributed by atoms with Crippen LogP contribution in [0.4, 0.5) is 5.69 Å². The average Bonchev–Trinajstić information content (AvgIpc) is 2.90. The Kier molecular flexibility index (Phi) is 4.61. The summed E-state index contributed by atoms with van der Waals surface area (Å²) >= 11 is 11.0. The zero-order chi connectivity index (χ0) is 13.8. The van der Waals surface area contributed by atoms with E-state index in [0.717, 1.165) is 25.1 Å². The van der Waals surface area contributed by atoms with Crippen LogP contribution in [0.5, 0.6) is 0 Å². The molecule has 1 aliphatic rings. The maximum Gasteiger partial charge on any atom is 0.247 e. The van der Waals surface area contributed by atoms with Crippen molar-refractivity contribution in [1.29, 1.82) is 0 Å². The number of halogens is 1. The number of nitrogens with one attached hydrogen (secondary N) is 2. The normalized spacial score (nSPS) is 18.2. The molecular formula is C13H16ClN3OS. The predicted octanol–water partition coefficient (Wildman–Crippen LogP) is 2.25. The van der Waals surface area contributed by atoms with E-state index in [1.165, 1.54) is 0 Å². The minimum absolute atomic E-state index is 0.0302. The lowest BCUT2D eigenvalue weighted by Crippen LogP contribution is -2.46. The molecule has 1 aliphatic heterocycles. The number of hydrogen-bond donors (Lipinski definition) is 2. The summed E-state index contributed by atoms with van der Waals surface area (Å²) in [7, 11) is 1.77. The molecule has 1 heterocycles. The van der Waals surface area contributed by atoms with Crippen molar-refractivity contribution in [3.05, 3.63) is 29.3 Å². The molecule has 4 nitrogen and oxygen atoms in total. The molecule has 2 rings (SSSR count). The Hall–Kier alpha value is -1.33. The smallest absolute Gasteiger partial charge is 0.247 e. The van der Waals surface area contributed by atoms with Crippen LogP contribution in [0.1, 0.15) is 12.8 Å². The second-order valence-electron chi connectivity index (χ2n) is 4.40. The van der Waals surface area contributed by atoms with E-state index < -0.39 is 0 Å². The highest BCUT2D eigenvalue weighted by molar-refractivity contribution is 7.80. The molecule has 1 aromatic rings. The van der Waals surface area contributed by atoms with Gasteiger partial charge in [-0.2, -0.15) is 0 Å². The number of rotatable bonds is 2. The molecule has 0 spiro atoms. The van der Waals surface area contributed by atoms with Gasteiger partial charge >= 0.3 is 0 Å². The van der Waals surface area contributed by atoms with E-state index in [1.54, 1.807) is 31.3 Å². The predicted molar refractivity (Wildman–Crippen MR) is 81.5 cm³/mol. The summed E-state index contributed by atoms with van der Waals surface area (Å²) in [6.45, 7) is 0.818. The number of nitrogens with zero attached hydrogens (tertiary/aromatic N) is 1. The van der Waals surface area contributed by atoms with Gasteiger partial charge in [-0.1, -0.05) is 11.6 Å². The summed E-state index contributed by atoms with van der Waals surface area (Å²) < 4.78 is 0. The summed E-state index contributed by atoms with van der Waals surface area (Å²) in [5.41, 5.74) is 0.747. The van der Waals surface area contributed by atoms with Gasteiger partial charge < -0.3 is 15.5 Å². The van der Waals surface area contributed by atoms with Crippen molar-refractivity contribution in [3.8, 4) is 0 Å². The second kappa shape index (κ2) is 6.21. The van der Waals surface area contributed by atoms with Crippen LogP contribution in [0.3, 0.4) is 0 Å². The molecule has 6 heteroatoms. The van der Waals surface area contributed by atoms with Crippen LogP contribution in [0.25, 0.3) is 0 Å². The quantitative estimate of drug-likeness (QED) is 0.822. The molecule has 1 aromatic carbocycles. The third-order valence-electron chi connectivity index (χ3n) is 3.14. The number of likely N-dealkylation sites (tertiary alicyclic amines) is 1. The minimum Gasteiger partial charge on any atom is -0.366 e. The number of thiocarbonyl (C=S) groups is 1. The van der Waals surface area contributed by atoms with Gasteiger partial charge in [0.25, 0.3) is 0 Å². The Labute approximate surface area is 123 Å². The van der Waals surface area contributed by atoms with Crippen LogP contribution < -0.4 is 10.6 Å². The number of anilines is 1. The SMILES string of the molecule is CNC(=S)N1CCC[C@H]1C(=O)Nc1ccc(Cl)cc1. The Balaban J connectivity index is 2.03. The van der Waals surface area contributed by atoms with Crippen molar-refractivity contribution in [2.45, 2.75) is 18.9 Å². The second-order valence-corrected chi connectivity index (χ2v) is 5.23. The van der Waals surface area contributed by atoms with E-state index in [4.69, 9.17) is 23.8 Å². The fraction of sp³-hybridized carbons (Fsp3) is 0.385. The third kappa shape index (κ3) is 3.36. The molecule has 1 atom stereocenters. The molecule has 1 saturated heterocycles. The lowest BCUT2D eigenvalue weighted by atomic mass is 10.2. The molecular weight excluding hydrogens is 282 g/mol. The van der Waals surface area contributed by atoms with Crippen molar-refractivity contribution in [2.24, 2.45) is 0 Å². The molecule has 0 radical (unpaired) electrons. The fourth-order valence-corrected chi connectivity index (χ4v) is 2.53. The van der Waals surface area contributed by atoms with Crippen LogP contribution in [0.15, 0.2) is 24.3 Å². The van der Waals surface area contributed by atoms with Crippen LogP contribution in [0.2, 0.25) is 5.02 Å². The first kappa shape index (κ1) is 14.1. The van der Waals surface area contributed by atoms with Crippen molar-refractivity contribution in [2.75, 3.05) is 18.9 Å². The van der Waals surface area contributed by atoms with Crippen LogP contribution in [-0.4, -0.2) is 35.6 Å². The summed E-state index contributed by atoms with van der Waals surface area (Å²) in [5.74, 6) is -0.0302. The van der Waals surface area contributed by atoms with Gasteiger partial charge in [0.05, 0.1) is 0 Å². The maximum absolute atomic E-state index is 12.3. The molecule has 19 heavy (non-hydrogen) atoms. The van der Waals surface area contributed by atoms with E-state index in [2.05, 4.69) is 10.6 Å². The summed E-state index contributed by atoms with van der Waals surface area (Å²) in [4.78, 5) is 14.2. The zero-order valence-corrected chi connectivity index (χ0v) is 12.2. The largest absolute Gasteiger partial charge is 0.366 e. The Morgan fingerprint density at radius 2 is 2.11 bits per heavy atom. The molecule has 2 N–H and O–H groups in total. The van der Waals surface area contributed by atoms with Crippen LogP contribution in [-0.2, 0) is 4.79 Å². The Morgan fingerprint density at radius 3 is 2.74 bits per heavy atom. The van der Waals surface area contributed by atoms with Crippen molar-refractivity contribution in [1.82, 2.24) is 10.2 Å². The molecule has 1 amide bonds.